The molecule has 4 heterocycles. The Morgan fingerprint density at radius 3 is 0.484 bits per heavy atom. The van der Waals surface area contributed by atoms with Gasteiger partial charge in [-0.1, -0.05) is 303 Å². The molecule has 0 bridgehead atoms. The molecule has 24 aromatic rings. The number of benzene rings is 20. The average molecular weight is 1610 g/mol. The summed E-state index contributed by atoms with van der Waals surface area (Å²) in [6, 6.07) is 178. The number of nitrogens with zero attached hydrogens (tertiary/aromatic N) is 6. The molecule has 0 radical (unpaired) electrons. The van der Waals surface area contributed by atoms with Crippen molar-refractivity contribution in [3.63, 3.8) is 0 Å². The summed E-state index contributed by atoms with van der Waals surface area (Å²) in [5, 5.41) is 9.99. The third-order valence-corrected chi connectivity index (χ3v) is 25.6. The van der Waals surface area contributed by atoms with Crippen LogP contribution in [0.5, 0.6) is 0 Å². The minimum atomic E-state index is 1.05. The monoisotopic (exact) mass is 1600 g/mol. The first-order chi connectivity index (χ1) is 62.5. The van der Waals surface area contributed by atoms with E-state index in [-0.39, 0.29) is 0 Å². The van der Waals surface area contributed by atoms with Crippen LogP contribution in [-0.4, -0.2) is 18.3 Å². The second-order valence-corrected chi connectivity index (χ2v) is 32.8. The summed E-state index contributed by atoms with van der Waals surface area (Å²) in [4.78, 5) is 4.75. The summed E-state index contributed by atoms with van der Waals surface area (Å²) in [5.41, 5.74) is 36.7. The number of rotatable bonds is 17. The zero-order valence-corrected chi connectivity index (χ0v) is 68.9. The SMILES string of the molecule is c1ccc(-n2c3ccccc3c3cc(-c4ccc(-c5ccc(N(c6ccc(-c7ccc(N(c8ccc(-c9ccc(-c%10ccc%11c(c%10)c%10ccccc%10n%11-c%10ccccc%10)cc9)cc8)c8ccc(-c9ccc(-n%10c%11ccccc%11c%11ccccc%11%10)cc9)cc8)cc7)cc6)c6ccc(-c7ccc(-n8c9ccccc9c9ccccc98)cc7)cc6)cc5)cc4)ccc32)cc1. The lowest BCUT2D eigenvalue weighted by atomic mass is 9.98. The van der Waals surface area contributed by atoms with Crippen molar-refractivity contribution in [3.8, 4) is 101 Å². The molecule has 6 heteroatoms. The molecule has 0 unspecified atom stereocenters. The van der Waals surface area contributed by atoms with Crippen LogP contribution < -0.4 is 9.80 Å². The van der Waals surface area contributed by atoms with Crippen molar-refractivity contribution in [1.29, 1.82) is 0 Å². The van der Waals surface area contributed by atoms with Crippen LogP contribution in [0.1, 0.15) is 0 Å². The van der Waals surface area contributed by atoms with Crippen LogP contribution in [0.2, 0.25) is 0 Å². The fourth-order valence-electron chi connectivity index (χ4n) is 19.4. The van der Waals surface area contributed by atoms with Crippen molar-refractivity contribution in [2.75, 3.05) is 9.80 Å². The van der Waals surface area contributed by atoms with Crippen LogP contribution in [0, 0.1) is 0 Å². The van der Waals surface area contributed by atoms with Crippen LogP contribution in [0.25, 0.3) is 188 Å². The molecule has 0 N–H and O–H groups in total. The largest absolute Gasteiger partial charge is 0.311 e. The molecule has 0 aliphatic carbocycles. The lowest BCUT2D eigenvalue weighted by Crippen LogP contribution is -2.10. The highest BCUT2D eigenvalue weighted by atomic mass is 15.1. The number of aromatic nitrogens is 4. The summed E-state index contributed by atoms with van der Waals surface area (Å²) in [6.45, 7) is 0. The molecule has 0 fully saturated rings. The maximum absolute atomic E-state index is 2.38. The highest BCUT2D eigenvalue weighted by Crippen LogP contribution is 2.45. The van der Waals surface area contributed by atoms with Gasteiger partial charge in [-0.2, -0.15) is 0 Å². The van der Waals surface area contributed by atoms with Crippen molar-refractivity contribution in [2.45, 2.75) is 0 Å². The number of hydrogen-bond donors (Lipinski definition) is 0. The minimum Gasteiger partial charge on any atom is -0.311 e. The zero-order chi connectivity index (χ0) is 83.1. The first kappa shape index (κ1) is 73.1. The molecule has 0 aliphatic rings. The molecule has 0 spiro atoms. The summed E-state index contributed by atoms with van der Waals surface area (Å²) in [6.07, 6.45) is 0. The van der Waals surface area contributed by atoms with Crippen LogP contribution in [0.3, 0.4) is 0 Å². The van der Waals surface area contributed by atoms with Gasteiger partial charge >= 0.3 is 0 Å². The number of fused-ring (bicyclic) bond motifs is 12. The summed E-state index contributed by atoms with van der Waals surface area (Å²) in [5.74, 6) is 0. The Labute approximate surface area is 730 Å². The van der Waals surface area contributed by atoms with E-state index in [0.29, 0.717) is 0 Å². The second-order valence-electron chi connectivity index (χ2n) is 32.8. The first-order valence-electron chi connectivity index (χ1n) is 43.3. The van der Waals surface area contributed by atoms with Crippen LogP contribution >= 0.6 is 0 Å². The van der Waals surface area contributed by atoms with Gasteiger partial charge in [0.1, 0.15) is 0 Å². The lowest BCUT2D eigenvalue weighted by molar-refractivity contribution is 1.18. The predicted molar refractivity (Wildman–Crippen MR) is 531 cm³/mol. The van der Waals surface area contributed by atoms with E-state index in [0.717, 1.165) is 113 Å². The molecule has 590 valence electrons. The summed E-state index contributed by atoms with van der Waals surface area (Å²) in [7, 11) is 0. The van der Waals surface area contributed by atoms with Crippen LogP contribution in [-0.2, 0) is 0 Å². The Morgan fingerprint density at radius 2 is 0.262 bits per heavy atom. The average Bonchev–Trinajstić information content (AvgIpc) is 1.66. The number of hydrogen-bond acceptors (Lipinski definition) is 2. The van der Waals surface area contributed by atoms with Crippen LogP contribution in [0.4, 0.5) is 34.1 Å². The standard InChI is InChI=1S/C120H80N6/c1-3-19-95(20-4-1)123-117-33-17-11-27-109(117)111-79-93(59-77-119(111)123)91-39-35-81(36-40-91)83-43-61-97(62-44-83)121(101-69-51-87(52-70-101)89-55-73-103(74-56-89)125-113-29-13-7-23-105(113)106-24-8-14-30-114(106)125)99-65-47-85(48-66-99)86-49-67-100(68-50-86)122(102-71-53-88(54-72-102)90-57-75-104(76-58-90)126-115-31-15-9-25-107(115)108-26-10-16-32-116(108)126)98-63-45-84(46-64-98)82-37-41-92(42-38-82)94-60-78-120-112(80-94)110-28-12-18-34-118(110)124(120)96-21-5-2-6-22-96/h1-80H. The Balaban J connectivity index is 0.540. The molecular formula is C120H80N6. The minimum absolute atomic E-state index is 1.05. The van der Waals surface area contributed by atoms with Gasteiger partial charge in [0.15, 0.2) is 0 Å². The quantitative estimate of drug-likeness (QED) is 0.0908. The second kappa shape index (κ2) is 30.7. The van der Waals surface area contributed by atoms with Crippen molar-refractivity contribution in [1.82, 2.24) is 18.3 Å². The maximum Gasteiger partial charge on any atom is 0.0541 e. The van der Waals surface area contributed by atoms with Gasteiger partial charge in [-0.3, -0.25) is 0 Å². The molecular weight excluding hydrogens is 1530 g/mol. The maximum atomic E-state index is 2.38. The highest BCUT2D eigenvalue weighted by molar-refractivity contribution is 6.13. The van der Waals surface area contributed by atoms with E-state index in [4.69, 9.17) is 0 Å². The third kappa shape index (κ3) is 12.8. The van der Waals surface area contributed by atoms with E-state index in [1.165, 1.54) is 109 Å². The van der Waals surface area contributed by atoms with Crippen molar-refractivity contribution < 1.29 is 0 Å². The molecule has 6 nitrogen and oxygen atoms in total. The van der Waals surface area contributed by atoms with E-state index in [9.17, 15) is 0 Å². The first-order valence-corrected chi connectivity index (χ1v) is 43.3. The predicted octanol–water partition coefficient (Wildman–Crippen LogP) is 32.7. The molecule has 0 aliphatic heterocycles. The highest BCUT2D eigenvalue weighted by Gasteiger charge is 2.22. The lowest BCUT2D eigenvalue weighted by Gasteiger charge is -2.27. The van der Waals surface area contributed by atoms with Crippen LogP contribution in [0.15, 0.2) is 485 Å². The molecule has 0 saturated heterocycles. The van der Waals surface area contributed by atoms with E-state index in [1.807, 2.05) is 0 Å². The Morgan fingerprint density at radius 1 is 0.111 bits per heavy atom. The zero-order valence-electron chi connectivity index (χ0n) is 68.9. The van der Waals surface area contributed by atoms with Gasteiger partial charge in [-0.15, -0.1) is 0 Å². The van der Waals surface area contributed by atoms with Gasteiger partial charge in [-0.25, -0.2) is 0 Å². The molecule has 20 aromatic carbocycles. The van der Waals surface area contributed by atoms with Gasteiger partial charge in [0.05, 0.1) is 44.1 Å². The van der Waals surface area contributed by atoms with Crippen molar-refractivity contribution in [3.05, 3.63) is 485 Å². The Hall–Kier alpha value is -16.8. The molecule has 24 rings (SSSR count). The van der Waals surface area contributed by atoms with Gasteiger partial charge < -0.3 is 28.1 Å². The van der Waals surface area contributed by atoms with Crippen molar-refractivity contribution >= 4 is 121 Å². The fraction of sp³-hybridized carbons (Fsp3) is 0. The fourth-order valence-corrected chi connectivity index (χ4v) is 19.4. The molecule has 0 atom stereocenters. The Kier molecular flexibility index (Phi) is 17.8. The van der Waals surface area contributed by atoms with Gasteiger partial charge in [0, 0.05) is 100.0 Å². The normalized spacial score (nSPS) is 11.7. The molecule has 126 heavy (non-hydrogen) atoms. The number of para-hydroxylation sites is 8. The molecule has 4 aromatic heterocycles. The molecule has 0 amide bonds. The van der Waals surface area contributed by atoms with E-state index >= 15 is 0 Å². The van der Waals surface area contributed by atoms with E-state index < -0.39 is 0 Å². The van der Waals surface area contributed by atoms with Crippen molar-refractivity contribution in [2.24, 2.45) is 0 Å². The van der Waals surface area contributed by atoms with Gasteiger partial charge in [-0.05, 0) is 260 Å². The Bertz CT molecular complexity index is 7620. The smallest absolute Gasteiger partial charge is 0.0541 e. The topological polar surface area (TPSA) is 26.2 Å². The number of anilines is 6. The summed E-state index contributed by atoms with van der Waals surface area (Å²) < 4.78 is 9.50. The van der Waals surface area contributed by atoms with Gasteiger partial charge in [0.2, 0.25) is 0 Å². The molecule has 0 saturated carbocycles. The van der Waals surface area contributed by atoms with Gasteiger partial charge in [0.25, 0.3) is 0 Å². The van der Waals surface area contributed by atoms with E-state index in [1.54, 1.807) is 0 Å². The third-order valence-electron chi connectivity index (χ3n) is 25.6. The summed E-state index contributed by atoms with van der Waals surface area (Å²) >= 11 is 0. The van der Waals surface area contributed by atoms with E-state index in [2.05, 4.69) is 513 Å².